The summed E-state index contributed by atoms with van der Waals surface area (Å²) in [7, 11) is 0. The quantitative estimate of drug-likeness (QED) is 0.338. The van der Waals surface area contributed by atoms with Crippen LogP contribution in [0.15, 0.2) is 24.5 Å². The number of rotatable bonds is 10. The summed E-state index contributed by atoms with van der Waals surface area (Å²) in [5.41, 5.74) is 1.08. The molecule has 0 saturated carbocycles. The maximum atomic E-state index is 10.3. The summed E-state index contributed by atoms with van der Waals surface area (Å²) in [4.78, 5) is 13.8. The lowest BCUT2D eigenvalue weighted by molar-refractivity contribution is 0.0646. The Morgan fingerprint density at radius 1 is 1.23 bits per heavy atom. The largest absolute Gasteiger partial charge is 0.506 e. The van der Waals surface area contributed by atoms with Gasteiger partial charge in [0.2, 0.25) is 5.95 Å². The monoisotopic (exact) mass is 446 g/mol. The molecule has 2 aromatic heterocycles. The number of unbranched alkanes of at least 4 members (excludes halogenated alkanes) is 2. The molecule has 0 aliphatic rings. The minimum Gasteiger partial charge on any atom is -0.506 e. The molecule has 2 heterocycles. The zero-order valence-electron chi connectivity index (χ0n) is 18.5. The molecule has 0 saturated heterocycles. The Labute approximate surface area is 187 Å². The predicted molar refractivity (Wildman–Crippen MR) is 125 cm³/mol. The van der Waals surface area contributed by atoms with Crippen LogP contribution in [0.2, 0.25) is 5.02 Å². The molecule has 8 nitrogen and oxygen atoms in total. The SMILES string of the molecule is CCCCCn1cnc2c(NCc3cccc(Cl)c3O)nc(NC(C)C(C)(C)O)nc21. The van der Waals surface area contributed by atoms with Crippen LogP contribution in [-0.2, 0) is 13.1 Å². The lowest BCUT2D eigenvalue weighted by Gasteiger charge is -2.26. The summed E-state index contributed by atoms with van der Waals surface area (Å²) in [6.45, 7) is 8.65. The number of phenols is 1. The fourth-order valence-electron chi connectivity index (χ4n) is 3.08. The van der Waals surface area contributed by atoms with Crippen molar-refractivity contribution in [3.05, 3.63) is 35.1 Å². The number of aryl methyl sites for hydroxylation is 1. The summed E-state index contributed by atoms with van der Waals surface area (Å²) < 4.78 is 2.02. The van der Waals surface area contributed by atoms with Crippen molar-refractivity contribution >= 4 is 34.5 Å². The van der Waals surface area contributed by atoms with E-state index in [0.717, 1.165) is 31.5 Å². The second-order valence-corrected chi connectivity index (χ2v) is 8.74. The molecule has 0 aliphatic carbocycles. The second kappa shape index (κ2) is 9.70. The van der Waals surface area contributed by atoms with Crippen LogP contribution in [0.1, 0.15) is 52.5 Å². The number of phenolic OH excluding ortho intramolecular Hbond substituents is 1. The number of halogens is 1. The van der Waals surface area contributed by atoms with Gasteiger partial charge in [0.15, 0.2) is 17.0 Å². The fraction of sp³-hybridized carbons (Fsp3) is 0.500. The van der Waals surface area contributed by atoms with Gasteiger partial charge in [-0.05, 0) is 33.3 Å². The van der Waals surface area contributed by atoms with Crippen molar-refractivity contribution in [3.63, 3.8) is 0 Å². The van der Waals surface area contributed by atoms with Gasteiger partial charge in [-0.25, -0.2) is 4.98 Å². The lowest BCUT2D eigenvalue weighted by atomic mass is 10.0. The number of imidazole rings is 1. The van der Waals surface area contributed by atoms with Gasteiger partial charge in [0.05, 0.1) is 23.0 Å². The van der Waals surface area contributed by atoms with Crippen LogP contribution in [0, 0.1) is 0 Å². The first-order chi connectivity index (χ1) is 14.7. The Bertz CT molecular complexity index is 1030. The van der Waals surface area contributed by atoms with Gasteiger partial charge in [-0.1, -0.05) is 43.5 Å². The number of nitrogens with one attached hydrogen (secondary N) is 2. The summed E-state index contributed by atoms with van der Waals surface area (Å²) >= 11 is 6.03. The number of aromatic hydroxyl groups is 1. The Balaban J connectivity index is 1.94. The van der Waals surface area contributed by atoms with Crippen LogP contribution in [0.4, 0.5) is 11.8 Å². The molecule has 1 atom stereocenters. The van der Waals surface area contributed by atoms with E-state index in [4.69, 9.17) is 11.6 Å². The van der Waals surface area contributed by atoms with Gasteiger partial charge in [0.1, 0.15) is 5.75 Å². The zero-order chi connectivity index (χ0) is 22.6. The molecule has 0 aliphatic heterocycles. The van der Waals surface area contributed by atoms with Crippen molar-refractivity contribution in [2.75, 3.05) is 10.6 Å². The number of hydrogen-bond acceptors (Lipinski definition) is 7. The number of benzene rings is 1. The van der Waals surface area contributed by atoms with Crippen molar-refractivity contribution in [2.45, 2.75) is 71.7 Å². The molecule has 31 heavy (non-hydrogen) atoms. The van der Waals surface area contributed by atoms with Crippen molar-refractivity contribution < 1.29 is 10.2 Å². The van der Waals surface area contributed by atoms with Crippen LogP contribution < -0.4 is 10.6 Å². The third kappa shape index (κ3) is 5.57. The van der Waals surface area contributed by atoms with Crippen LogP contribution in [-0.4, -0.2) is 41.4 Å². The third-order valence-electron chi connectivity index (χ3n) is 5.39. The van der Waals surface area contributed by atoms with E-state index in [2.05, 4.69) is 32.5 Å². The molecule has 3 aromatic rings. The Hall–Kier alpha value is -2.58. The van der Waals surface area contributed by atoms with E-state index in [0.29, 0.717) is 34.4 Å². The van der Waals surface area contributed by atoms with E-state index in [-0.39, 0.29) is 11.8 Å². The van der Waals surface area contributed by atoms with E-state index in [1.807, 2.05) is 11.5 Å². The third-order valence-corrected chi connectivity index (χ3v) is 5.69. The number of fused-ring (bicyclic) bond motifs is 1. The zero-order valence-corrected chi connectivity index (χ0v) is 19.2. The minimum atomic E-state index is -0.945. The number of aliphatic hydroxyl groups is 1. The first kappa shape index (κ1) is 23.1. The smallest absolute Gasteiger partial charge is 0.227 e. The van der Waals surface area contributed by atoms with Crippen LogP contribution in [0.5, 0.6) is 5.75 Å². The Morgan fingerprint density at radius 2 is 2.00 bits per heavy atom. The summed E-state index contributed by atoms with van der Waals surface area (Å²) in [6, 6.07) is 4.95. The first-order valence-electron chi connectivity index (χ1n) is 10.6. The highest BCUT2D eigenvalue weighted by molar-refractivity contribution is 6.32. The van der Waals surface area contributed by atoms with Gasteiger partial charge >= 0.3 is 0 Å². The molecule has 0 amide bonds. The lowest BCUT2D eigenvalue weighted by Crippen LogP contribution is -2.39. The molecule has 3 rings (SSSR count). The van der Waals surface area contributed by atoms with Gasteiger partial charge in [-0.2, -0.15) is 9.97 Å². The molecule has 1 aromatic carbocycles. The van der Waals surface area contributed by atoms with Crippen molar-refractivity contribution in [3.8, 4) is 5.75 Å². The van der Waals surface area contributed by atoms with Crippen molar-refractivity contribution in [2.24, 2.45) is 0 Å². The Kier molecular flexibility index (Phi) is 7.23. The molecule has 9 heteroatoms. The normalized spacial score (nSPS) is 12.8. The molecule has 4 N–H and O–H groups in total. The molecule has 0 radical (unpaired) electrons. The number of anilines is 2. The molecular formula is C22H31ClN6O2. The predicted octanol–water partition coefficient (Wildman–Crippen LogP) is 4.56. The minimum absolute atomic E-state index is 0.0427. The highest BCUT2D eigenvalue weighted by Gasteiger charge is 2.24. The maximum absolute atomic E-state index is 10.3. The summed E-state index contributed by atoms with van der Waals surface area (Å²) in [6.07, 6.45) is 5.08. The molecule has 0 fully saturated rings. The van der Waals surface area contributed by atoms with E-state index < -0.39 is 5.60 Å². The highest BCUT2D eigenvalue weighted by atomic mass is 35.5. The summed E-state index contributed by atoms with van der Waals surface area (Å²) in [5, 5.41) is 27.3. The number of hydrogen-bond donors (Lipinski definition) is 4. The number of para-hydroxylation sites is 1. The maximum Gasteiger partial charge on any atom is 0.227 e. The summed E-state index contributed by atoms with van der Waals surface area (Å²) in [5.74, 6) is 0.988. The average molecular weight is 447 g/mol. The fourth-order valence-corrected chi connectivity index (χ4v) is 3.27. The standard InChI is InChI=1S/C22H31ClN6O2/c1-5-6-7-11-29-13-25-17-19(24-12-15-9-8-10-16(23)18(15)30)27-21(28-20(17)29)26-14(2)22(3,4)31/h8-10,13-14,30-31H,5-7,11-12H2,1-4H3,(H2,24,26,27,28). The van der Waals surface area contributed by atoms with Crippen LogP contribution in [0.25, 0.3) is 11.2 Å². The molecule has 168 valence electrons. The highest BCUT2D eigenvalue weighted by Crippen LogP contribution is 2.29. The first-order valence-corrected chi connectivity index (χ1v) is 11.0. The van der Waals surface area contributed by atoms with E-state index in [9.17, 15) is 10.2 Å². The van der Waals surface area contributed by atoms with Crippen LogP contribution >= 0.6 is 11.6 Å². The van der Waals surface area contributed by atoms with E-state index >= 15 is 0 Å². The number of nitrogens with zero attached hydrogens (tertiary/aromatic N) is 4. The molecule has 0 spiro atoms. The topological polar surface area (TPSA) is 108 Å². The van der Waals surface area contributed by atoms with Crippen molar-refractivity contribution in [1.82, 2.24) is 19.5 Å². The van der Waals surface area contributed by atoms with Crippen LogP contribution in [0.3, 0.4) is 0 Å². The van der Waals surface area contributed by atoms with Gasteiger partial charge in [-0.15, -0.1) is 0 Å². The van der Waals surface area contributed by atoms with Gasteiger partial charge in [0.25, 0.3) is 0 Å². The second-order valence-electron chi connectivity index (χ2n) is 8.33. The van der Waals surface area contributed by atoms with Gasteiger partial charge < -0.3 is 25.4 Å². The average Bonchev–Trinajstić information content (AvgIpc) is 3.11. The molecule has 0 bridgehead atoms. The molecular weight excluding hydrogens is 416 g/mol. The Morgan fingerprint density at radius 3 is 2.71 bits per heavy atom. The van der Waals surface area contributed by atoms with E-state index in [1.165, 1.54) is 0 Å². The van der Waals surface area contributed by atoms with Crippen molar-refractivity contribution in [1.29, 1.82) is 0 Å². The van der Waals surface area contributed by atoms with Gasteiger partial charge in [0, 0.05) is 18.7 Å². The van der Waals surface area contributed by atoms with Gasteiger partial charge in [-0.3, -0.25) is 0 Å². The number of aromatic nitrogens is 4. The van der Waals surface area contributed by atoms with E-state index in [1.54, 1.807) is 38.4 Å². The molecule has 1 unspecified atom stereocenters.